The molecule has 0 bridgehead atoms. The second-order valence-electron chi connectivity index (χ2n) is 3.23. The van der Waals surface area contributed by atoms with Crippen LogP contribution >= 0.6 is 11.6 Å². The number of rotatable bonds is 5. The van der Waals surface area contributed by atoms with Crippen LogP contribution in [0, 0.1) is 0 Å². The molecule has 0 aliphatic rings. The maximum Gasteiger partial charge on any atom is 0.303 e. The third kappa shape index (κ3) is 4.28. The van der Waals surface area contributed by atoms with Crippen LogP contribution in [0.15, 0.2) is 24.3 Å². The molecule has 0 heterocycles. The van der Waals surface area contributed by atoms with Gasteiger partial charge in [0.15, 0.2) is 0 Å². The molecule has 3 heteroatoms. The lowest BCUT2D eigenvalue weighted by molar-refractivity contribution is -0.137. The second-order valence-corrected chi connectivity index (χ2v) is 3.67. The van der Waals surface area contributed by atoms with Gasteiger partial charge in [-0.3, -0.25) is 4.79 Å². The summed E-state index contributed by atoms with van der Waals surface area (Å²) >= 11 is 5.81. The fourth-order valence-electron chi connectivity index (χ4n) is 1.30. The van der Waals surface area contributed by atoms with Crippen LogP contribution in [0.25, 0.3) is 0 Å². The van der Waals surface area contributed by atoms with E-state index in [1.54, 1.807) is 0 Å². The molecule has 1 aromatic carbocycles. The van der Waals surface area contributed by atoms with Gasteiger partial charge < -0.3 is 5.11 Å². The zero-order valence-corrected chi connectivity index (χ0v) is 8.63. The topological polar surface area (TPSA) is 37.3 Å². The van der Waals surface area contributed by atoms with Crippen LogP contribution < -0.4 is 0 Å². The van der Waals surface area contributed by atoms with Crippen molar-refractivity contribution >= 4 is 17.6 Å². The first-order valence-electron chi connectivity index (χ1n) is 4.65. The molecule has 0 saturated carbocycles. The second kappa shape index (κ2) is 5.66. The van der Waals surface area contributed by atoms with Crippen LogP contribution in [0.3, 0.4) is 0 Å². The Morgan fingerprint density at radius 3 is 2.79 bits per heavy atom. The van der Waals surface area contributed by atoms with Crippen LogP contribution in [0.1, 0.15) is 24.8 Å². The Bertz CT molecular complexity index is 310. The van der Waals surface area contributed by atoms with Crippen molar-refractivity contribution in [3.8, 4) is 0 Å². The Morgan fingerprint density at radius 2 is 2.14 bits per heavy atom. The van der Waals surface area contributed by atoms with Crippen molar-refractivity contribution in [2.45, 2.75) is 25.7 Å². The summed E-state index contributed by atoms with van der Waals surface area (Å²) in [7, 11) is 0. The third-order valence-corrected chi connectivity index (χ3v) is 2.23. The van der Waals surface area contributed by atoms with Gasteiger partial charge in [-0.1, -0.05) is 23.7 Å². The standard InChI is InChI=1S/C11H13ClO2/c12-10-6-3-5-9(8-10)4-1-2-7-11(13)14/h3,5-6,8H,1-2,4,7H2,(H,13,14). The number of halogens is 1. The predicted molar refractivity (Wildman–Crippen MR) is 56.6 cm³/mol. The average Bonchev–Trinajstić information content (AvgIpc) is 2.12. The molecule has 0 aliphatic heterocycles. The van der Waals surface area contributed by atoms with Crippen molar-refractivity contribution in [2.75, 3.05) is 0 Å². The van der Waals surface area contributed by atoms with Gasteiger partial charge in [-0.2, -0.15) is 0 Å². The maximum atomic E-state index is 10.2. The molecule has 0 saturated heterocycles. The highest BCUT2D eigenvalue weighted by molar-refractivity contribution is 6.30. The van der Waals surface area contributed by atoms with Crippen molar-refractivity contribution in [2.24, 2.45) is 0 Å². The van der Waals surface area contributed by atoms with E-state index in [-0.39, 0.29) is 6.42 Å². The van der Waals surface area contributed by atoms with E-state index in [0.29, 0.717) is 0 Å². The summed E-state index contributed by atoms with van der Waals surface area (Å²) in [5, 5.41) is 9.17. The van der Waals surface area contributed by atoms with Crippen molar-refractivity contribution in [1.29, 1.82) is 0 Å². The highest BCUT2D eigenvalue weighted by Crippen LogP contribution is 2.13. The average molecular weight is 213 g/mol. The molecule has 1 aromatic rings. The Balaban J connectivity index is 2.28. The Morgan fingerprint density at radius 1 is 1.36 bits per heavy atom. The Hall–Kier alpha value is -1.02. The van der Waals surface area contributed by atoms with Crippen molar-refractivity contribution in [1.82, 2.24) is 0 Å². The lowest BCUT2D eigenvalue weighted by atomic mass is 10.1. The molecule has 0 aromatic heterocycles. The summed E-state index contributed by atoms with van der Waals surface area (Å²) in [5.74, 6) is -0.726. The fraction of sp³-hybridized carbons (Fsp3) is 0.364. The van der Waals surface area contributed by atoms with Gasteiger partial charge in [-0.25, -0.2) is 0 Å². The zero-order chi connectivity index (χ0) is 10.4. The highest BCUT2D eigenvalue weighted by atomic mass is 35.5. The minimum absolute atomic E-state index is 0.251. The zero-order valence-electron chi connectivity index (χ0n) is 7.87. The van der Waals surface area contributed by atoms with E-state index in [2.05, 4.69) is 0 Å². The molecule has 0 amide bonds. The minimum Gasteiger partial charge on any atom is -0.481 e. The highest BCUT2D eigenvalue weighted by Gasteiger charge is 1.98. The molecule has 1 rings (SSSR count). The molecule has 2 nitrogen and oxygen atoms in total. The SMILES string of the molecule is O=C(O)CCCCc1cccc(Cl)c1. The van der Waals surface area contributed by atoms with Crippen LogP contribution in [0.4, 0.5) is 0 Å². The molecule has 14 heavy (non-hydrogen) atoms. The summed E-state index contributed by atoms with van der Waals surface area (Å²) in [5.41, 5.74) is 1.17. The first-order valence-corrected chi connectivity index (χ1v) is 5.02. The number of benzene rings is 1. The number of hydrogen-bond donors (Lipinski definition) is 1. The lowest BCUT2D eigenvalue weighted by Crippen LogP contribution is -1.94. The summed E-state index contributed by atoms with van der Waals surface area (Å²) < 4.78 is 0. The molecule has 0 spiro atoms. The lowest BCUT2D eigenvalue weighted by Gasteiger charge is -2.00. The van der Waals surface area contributed by atoms with E-state index in [1.807, 2.05) is 24.3 Å². The fourth-order valence-corrected chi connectivity index (χ4v) is 1.51. The molecule has 0 unspecified atom stereocenters. The Kier molecular flexibility index (Phi) is 4.47. The van der Waals surface area contributed by atoms with Crippen LogP contribution in [-0.2, 0) is 11.2 Å². The van der Waals surface area contributed by atoms with Crippen LogP contribution in [0.2, 0.25) is 5.02 Å². The van der Waals surface area contributed by atoms with E-state index in [9.17, 15) is 4.79 Å². The number of unbranched alkanes of at least 4 members (excludes halogenated alkanes) is 1. The number of carbonyl (C=O) groups is 1. The van der Waals surface area contributed by atoms with Gasteiger partial charge in [0.1, 0.15) is 0 Å². The first kappa shape index (κ1) is 11.1. The van der Waals surface area contributed by atoms with Gasteiger partial charge in [0.25, 0.3) is 0 Å². The monoisotopic (exact) mass is 212 g/mol. The van der Waals surface area contributed by atoms with Crippen molar-refractivity contribution in [3.63, 3.8) is 0 Å². The predicted octanol–water partition coefficient (Wildman–Crippen LogP) is 3.14. The van der Waals surface area contributed by atoms with Crippen molar-refractivity contribution in [3.05, 3.63) is 34.9 Å². The van der Waals surface area contributed by atoms with Gasteiger partial charge in [-0.15, -0.1) is 0 Å². The summed E-state index contributed by atoms with van der Waals surface area (Å²) in [6.07, 6.45) is 2.77. The summed E-state index contributed by atoms with van der Waals surface area (Å²) in [6.45, 7) is 0. The number of carboxylic acid groups (broad SMARTS) is 1. The normalized spacial score (nSPS) is 10.1. The van der Waals surface area contributed by atoms with Crippen molar-refractivity contribution < 1.29 is 9.90 Å². The maximum absolute atomic E-state index is 10.2. The van der Waals surface area contributed by atoms with Crippen LogP contribution in [0.5, 0.6) is 0 Å². The van der Waals surface area contributed by atoms with E-state index in [0.717, 1.165) is 24.3 Å². The van der Waals surface area contributed by atoms with Gasteiger partial charge in [0.2, 0.25) is 0 Å². The Labute approximate surface area is 88.5 Å². The number of aryl methyl sites for hydroxylation is 1. The number of aliphatic carboxylic acids is 1. The molecule has 0 radical (unpaired) electrons. The third-order valence-electron chi connectivity index (χ3n) is 2.00. The molecular formula is C11H13ClO2. The van der Waals surface area contributed by atoms with E-state index in [4.69, 9.17) is 16.7 Å². The summed E-state index contributed by atoms with van der Waals surface area (Å²) in [6, 6.07) is 7.67. The van der Waals surface area contributed by atoms with E-state index in [1.165, 1.54) is 5.56 Å². The molecule has 76 valence electrons. The number of carboxylic acids is 1. The van der Waals surface area contributed by atoms with E-state index < -0.39 is 5.97 Å². The quantitative estimate of drug-likeness (QED) is 0.762. The largest absolute Gasteiger partial charge is 0.481 e. The molecule has 0 aliphatic carbocycles. The van der Waals surface area contributed by atoms with Gasteiger partial charge in [-0.05, 0) is 37.0 Å². The van der Waals surface area contributed by atoms with E-state index >= 15 is 0 Å². The van der Waals surface area contributed by atoms with Gasteiger partial charge >= 0.3 is 5.97 Å². The molecular weight excluding hydrogens is 200 g/mol. The van der Waals surface area contributed by atoms with Crippen LogP contribution in [-0.4, -0.2) is 11.1 Å². The molecule has 0 fully saturated rings. The number of hydrogen-bond acceptors (Lipinski definition) is 1. The molecule has 1 N–H and O–H groups in total. The smallest absolute Gasteiger partial charge is 0.303 e. The molecule has 0 atom stereocenters. The van der Waals surface area contributed by atoms with Gasteiger partial charge in [0, 0.05) is 11.4 Å². The van der Waals surface area contributed by atoms with Gasteiger partial charge in [0.05, 0.1) is 0 Å². The summed E-state index contributed by atoms with van der Waals surface area (Å²) in [4.78, 5) is 10.2. The minimum atomic E-state index is -0.726. The first-order chi connectivity index (χ1) is 6.68.